The highest BCUT2D eigenvalue weighted by Crippen LogP contribution is 2.03. The zero-order chi connectivity index (χ0) is 14.0. The summed E-state index contributed by atoms with van der Waals surface area (Å²) in [7, 11) is 1.98. The van der Waals surface area contributed by atoms with Crippen LogP contribution in [0.25, 0.3) is 0 Å². The van der Waals surface area contributed by atoms with Gasteiger partial charge in [-0.25, -0.2) is 0 Å². The molecule has 1 amide bonds. The highest BCUT2D eigenvalue weighted by Gasteiger charge is 2.19. The molecule has 0 bridgehead atoms. The molecule has 0 saturated carbocycles. The van der Waals surface area contributed by atoms with Crippen LogP contribution in [0, 0.1) is 0 Å². The van der Waals surface area contributed by atoms with Crippen LogP contribution in [0.3, 0.4) is 0 Å². The molecule has 0 aliphatic carbocycles. The van der Waals surface area contributed by atoms with E-state index in [1.807, 2.05) is 14.0 Å². The van der Waals surface area contributed by atoms with Gasteiger partial charge < -0.3 is 10.4 Å². The smallest absolute Gasteiger partial charge is 0.237 e. The van der Waals surface area contributed by atoms with Crippen molar-refractivity contribution in [1.29, 1.82) is 0 Å². The molecule has 4 heteroatoms. The van der Waals surface area contributed by atoms with E-state index in [-0.39, 0.29) is 18.6 Å². The van der Waals surface area contributed by atoms with Gasteiger partial charge in [0.15, 0.2) is 0 Å². The van der Waals surface area contributed by atoms with Gasteiger partial charge in [-0.2, -0.15) is 0 Å². The van der Waals surface area contributed by atoms with E-state index in [2.05, 4.69) is 24.1 Å². The largest absolute Gasteiger partial charge is 0.396 e. The number of nitrogens with zero attached hydrogens (tertiary/aromatic N) is 1. The minimum absolute atomic E-state index is 0.0836. The molecule has 1 atom stereocenters. The second kappa shape index (κ2) is 10.3. The summed E-state index contributed by atoms with van der Waals surface area (Å²) < 4.78 is 0. The topological polar surface area (TPSA) is 52.6 Å². The van der Waals surface area contributed by atoms with Gasteiger partial charge in [0.1, 0.15) is 0 Å². The fourth-order valence-corrected chi connectivity index (χ4v) is 1.86. The average Bonchev–Trinajstić information content (AvgIpc) is 2.39. The van der Waals surface area contributed by atoms with Gasteiger partial charge in [0, 0.05) is 12.6 Å². The summed E-state index contributed by atoms with van der Waals surface area (Å²) in [5, 5.41) is 11.8. The first-order chi connectivity index (χ1) is 8.56. The Hall–Kier alpha value is -0.610. The third-order valence-corrected chi connectivity index (χ3v) is 3.54. The molecule has 0 heterocycles. The Bertz CT molecular complexity index is 218. The maximum atomic E-state index is 12.0. The lowest BCUT2D eigenvalue weighted by molar-refractivity contribution is -0.126. The summed E-state index contributed by atoms with van der Waals surface area (Å²) in [5.41, 5.74) is 0. The van der Waals surface area contributed by atoms with Crippen molar-refractivity contribution in [1.82, 2.24) is 10.2 Å². The van der Waals surface area contributed by atoms with Crippen molar-refractivity contribution >= 4 is 5.91 Å². The van der Waals surface area contributed by atoms with Gasteiger partial charge in [-0.1, -0.05) is 13.8 Å². The second-order valence-electron chi connectivity index (χ2n) is 4.96. The third kappa shape index (κ3) is 6.97. The number of hydrogen-bond acceptors (Lipinski definition) is 3. The highest BCUT2D eigenvalue weighted by atomic mass is 16.2. The number of aliphatic hydroxyl groups excluding tert-OH is 1. The van der Waals surface area contributed by atoms with E-state index in [0.717, 1.165) is 38.6 Å². The zero-order valence-corrected chi connectivity index (χ0v) is 12.4. The molecule has 0 aromatic rings. The number of amides is 1. The van der Waals surface area contributed by atoms with Crippen LogP contribution in [0.5, 0.6) is 0 Å². The molecular weight excluding hydrogens is 228 g/mol. The summed E-state index contributed by atoms with van der Waals surface area (Å²) in [5.74, 6) is 0.119. The van der Waals surface area contributed by atoms with E-state index < -0.39 is 0 Å². The third-order valence-electron chi connectivity index (χ3n) is 3.54. The summed E-state index contributed by atoms with van der Waals surface area (Å²) in [6, 6.07) is 0.211. The Morgan fingerprint density at radius 3 is 2.33 bits per heavy atom. The maximum Gasteiger partial charge on any atom is 0.237 e. The number of aliphatic hydroxyl groups is 1. The summed E-state index contributed by atoms with van der Waals surface area (Å²) in [6.07, 6.45) is 4.86. The van der Waals surface area contributed by atoms with Gasteiger partial charge in [0.25, 0.3) is 0 Å². The molecule has 0 radical (unpaired) electrons. The van der Waals surface area contributed by atoms with Gasteiger partial charge in [0.05, 0.1) is 6.04 Å². The molecule has 18 heavy (non-hydrogen) atoms. The Balaban J connectivity index is 3.95. The van der Waals surface area contributed by atoms with E-state index in [9.17, 15) is 4.79 Å². The Morgan fingerprint density at radius 1 is 1.22 bits per heavy atom. The first kappa shape index (κ1) is 17.4. The van der Waals surface area contributed by atoms with E-state index in [4.69, 9.17) is 5.11 Å². The fraction of sp³-hybridized carbons (Fsp3) is 0.929. The molecule has 4 nitrogen and oxygen atoms in total. The molecule has 1 unspecified atom stereocenters. The minimum Gasteiger partial charge on any atom is -0.396 e. The van der Waals surface area contributed by atoms with Crippen LogP contribution in [0.15, 0.2) is 0 Å². The summed E-state index contributed by atoms with van der Waals surface area (Å²) in [6.45, 7) is 7.30. The van der Waals surface area contributed by atoms with Crippen LogP contribution >= 0.6 is 0 Å². The van der Waals surface area contributed by atoms with Gasteiger partial charge in [-0.05, 0) is 52.6 Å². The van der Waals surface area contributed by atoms with Crippen molar-refractivity contribution in [2.24, 2.45) is 0 Å². The highest BCUT2D eigenvalue weighted by molar-refractivity contribution is 5.81. The number of unbranched alkanes of at least 4 members (excludes halogenated alkanes) is 2. The van der Waals surface area contributed by atoms with E-state index in [1.165, 1.54) is 0 Å². The summed E-state index contributed by atoms with van der Waals surface area (Å²) >= 11 is 0. The minimum atomic E-state index is -0.0836. The number of rotatable bonds is 10. The van der Waals surface area contributed by atoms with Crippen molar-refractivity contribution in [2.75, 3.05) is 20.2 Å². The number of hydrogen-bond donors (Lipinski definition) is 2. The molecule has 0 spiro atoms. The van der Waals surface area contributed by atoms with Gasteiger partial charge >= 0.3 is 0 Å². The molecule has 0 aromatic heterocycles. The number of carbonyl (C=O) groups is 1. The normalized spacial score (nSPS) is 13.1. The summed E-state index contributed by atoms with van der Waals surface area (Å²) in [4.78, 5) is 14.1. The Morgan fingerprint density at radius 2 is 1.83 bits per heavy atom. The average molecular weight is 258 g/mol. The van der Waals surface area contributed by atoms with Crippen molar-refractivity contribution in [3.8, 4) is 0 Å². The van der Waals surface area contributed by atoms with Crippen LogP contribution < -0.4 is 5.32 Å². The quantitative estimate of drug-likeness (QED) is 0.587. The fourth-order valence-electron chi connectivity index (χ4n) is 1.86. The van der Waals surface area contributed by atoms with Crippen molar-refractivity contribution in [3.05, 3.63) is 0 Å². The van der Waals surface area contributed by atoms with Crippen molar-refractivity contribution < 1.29 is 9.90 Å². The maximum absolute atomic E-state index is 12.0. The first-order valence-corrected chi connectivity index (χ1v) is 7.18. The van der Waals surface area contributed by atoms with Gasteiger partial charge in [-0.3, -0.25) is 9.69 Å². The number of likely N-dealkylation sites (N-methyl/N-ethyl adjacent to an activating group) is 1. The molecule has 0 aliphatic heterocycles. The van der Waals surface area contributed by atoms with E-state index >= 15 is 0 Å². The van der Waals surface area contributed by atoms with Gasteiger partial charge in [-0.15, -0.1) is 0 Å². The predicted molar refractivity (Wildman–Crippen MR) is 75.5 cm³/mol. The van der Waals surface area contributed by atoms with Crippen LogP contribution in [0.1, 0.15) is 52.9 Å². The molecule has 108 valence electrons. The molecule has 0 aliphatic rings. The van der Waals surface area contributed by atoms with E-state index in [0.29, 0.717) is 6.04 Å². The van der Waals surface area contributed by atoms with Crippen molar-refractivity contribution in [2.45, 2.75) is 65.0 Å². The van der Waals surface area contributed by atoms with Gasteiger partial charge in [0.2, 0.25) is 5.91 Å². The zero-order valence-electron chi connectivity index (χ0n) is 12.4. The standard InChI is InChI=1S/C14H30N2O2/c1-5-13(6-2)15-14(18)12(3)16(4)10-8-7-9-11-17/h12-13,17H,5-11H2,1-4H3,(H,15,18). The van der Waals surface area contributed by atoms with Crippen LogP contribution in [-0.2, 0) is 4.79 Å². The van der Waals surface area contributed by atoms with Crippen LogP contribution in [-0.4, -0.2) is 48.2 Å². The molecule has 0 aromatic carbocycles. The lowest BCUT2D eigenvalue weighted by Gasteiger charge is -2.26. The monoisotopic (exact) mass is 258 g/mol. The van der Waals surface area contributed by atoms with E-state index in [1.54, 1.807) is 0 Å². The first-order valence-electron chi connectivity index (χ1n) is 7.18. The molecule has 2 N–H and O–H groups in total. The Kier molecular flexibility index (Phi) is 9.98. The Labute approximate surface area is 112 Å². The van der Waals surface area contributed by atoms with Crippen molar-refractivity contribution in [3.63, 3.8) is 0 Å². The number of carbonyl (C=O) groups excluding carboxylic acids is 1. The molecule has 0 fully saturated rings. The number of nitrogens with one attached hydrogen (secondary N) is 1. The SMILES string of the molecule is CCC(CC)NC(=O)C(C)N(C)CCCCCO. The molecule has 0 saturated heterocycles. The van der Waals surface area contributed by atoms with Crippen LogP contribution in [0.4, 0.5) is 0 Å². The lowest BCUT2D eigenvalue weighted by atomic mass is 10.1. The predicted octanol–water partition coefficient (Wildman–Crippen LogP) is 1.77. The second-order valence-corrected chi connectivity index (χ2v) is 4.96. The molecular formula is C14H30N2O2. The molecule has 0 rings (SSSR count). The lowest BCUT2D eigenvalue weighted by Crippen LogP contribution is -2.46. The van der Waals surface area contributed by atoms with Crippen LogP contribution in [0.2, 0.25) is 0 Å².